The third-order valence-electron chi connectivity index (χ3n) is 7.27. The number of aryl methyl sites for hydroxylation is 1. The first-order valence-electron chi connectivity index (χ1n) is 13.3. The number of anilines is 1. The van der Waals surface area contributed by atoms with E-state index >= 15 is 0 Å². The van der Waals surface area contributed by atoms with Crippen molar-refractivity contribution in [3.8, 4) is 33.6 Å². The lowest BCUT2D eigenvalue weighted by Crippen LogP contribution is -2.43. The number of rotatable bonds is 7. The molecule has 2 aliphatic rings. The standard InChI is InChI=1S/C31H34N6/c1-22-4-3-5-29(33-22)30-17-25(18-31(35-30)34-28-10-11-28)27-16-26(19-32-20-27)24-8-6-23(7-9-24)21-37-14-12-36(2)13-15-37/h3-9,16-20,28H,10-15,21H2,1-2H3,(H,34,35). The van der Waals surface area contributed by atoms with Crippen LogP contribution in [0.5, 0.6) is 0 Å². The van der Waals surface area contributed by atoms with E-state index in [-0.39, 0.29) is 0 Å². The fourth-order valence-electron chi connectivity index (χ4n) is 4.85. The molecule has 1 N–H and O–H groups in total. The maximum Gasteiger partial charge on any atom is 0.127 e. The zero-order chi connectivity index (χ0) is 25.2. The number of benzene rings is 1. The largest absolute Gasteiger partial charge is 0.367 e. The van der Waals surface area contributed by atoms with Crippen molar-refractivity contribution >= 4 is 5.82 Å². The van der Waals surface area contributed by atoms with Gasteiger partial charge in [-0.2, -0.15) is 0 Å². The van der Waals surface area contributed by atoms with Gasteiger partial charge in [0, 0.05) is 68.0 Å². The second-order valence-electron chi connectivity index (χ2n) is 10.4. The molecule has 1 saturated heterocycles. The molecular formula is C31H34N6. The van der Waals surface area contributed by atoms with E-state index in [0.717, 1.165) is 72.3 Å². The molecule has 6 heteroatoms. The summed E-state index contributed by atoms with van der Waals surface area (Å²) in [5.74, 6) is 0.900. The summed E-state index contributed by atoms with van der Waals surface area (Å²) in [6.07, 6.45) is 6.29. The van der Waals surface area contributed by atoms with Gasteiger partial charge in [-0.15, -0.1) is 0 Å². The van der Waals surface area contributed by atoms with Crippen molar-refractivity contribution in [2.75, 3.05) is 38.5 Å². The first-order chi connectivity index (χ1) is 18.1. The van der Waals surface area contributed by atoms with E-state index in [1.807, 2.05) is 37.5 Å². The summed E-state index contributed by atoms with van der Waals surface area (Å²) in [4.78, 5) is 19.2. The van der Waals surface area contributed by atoms with Crippen LogP contribution in [0.2, 0.25) is 0 Å². The predicted molar refractivity (Wildman–Crippen MR) is 150 cm³/mol. The topological polar surface area (TPSA) is 57.2 Å². The Kier molecular flexibility index (Phi) is 6.68. The minimum Gasteiger partial charge on any atom is -0.367 e. The van der Waals surface area contributed by atoms with Gasteiger partial charge in [-0.25, -0.2) is 4.98 Å². The first-order valence-corrected chi connectivity index (χ1v) is 13.3. The van der Waals surface area contributed by atoms with Crippen LogP contribution >= 0.6 is 0 Å². The van der Waals surface area contributed by atoms with Crippen LogP contribution in [0.25, 0.3) is 33.6 Å². The van der Waals surface area contributed by atoms with E-state index in [4.69, 9.17) is 9.97 Å². The molecule has 6 nitrogen and oxygen atoms in total. The van der Waals surface area contributed by atoms with Gasteiger partial charge in [0.25, 0.3) is 0 Å². The van der Waals surface area contributed by atoms with Crippen LogP contribution in [0.4, 0.5) is 5.82 Å². The molecule has 3 aromatic heterocycles. The number of likely N-dealkylation sites (N-methyl/N-ethyl adjacent to an activating group) is 1. The highest BCUT2D eigenvalue weighted by Gasteiger charge is 2.22. The van der Waals surface area contributed by atoms with Crippen LogP contribution in [0, 0.1) is 6.92 Å². The molecule has 0 bridgehead atoms. The maximum atomic E-state index is 4.89. The number of pyridine rings is 3. The quantitative estimate of drug-likeness (QED) is 0.369. The SMILES string of the molecule is Cc1cccc(-c2cc(-c3cncc(-c4ccc(CN5CCN(C)CC5)cc4)c3)cc(NC3CC3)n2)n1. The molecule has 0 unspecified atom stereocenters. The predicted octanol–water partition coefficient (Wildman–Crippen LogP) is 5.50. The highest BCUT2D eigenvalue weighted by molar-refractivity contribution is 5.76. The van der Waals surface area contributed by atoms with E-state index in [2.05, 4.69) is 69.6 Å². The second kappa shape index (κ2) is 10.4. The summed E-state index contributed by atoms with van der Waals surface area (Å²) >= 11 is 0. The van der Waals surface area contributed by atoms with E-state index < -0.39 is 0 Å². The zero-order valence-electron chi connectivity index (χ0n) is 21.7. The fraction of sp³-hybridized carbons (Fsp3) is 0.323. The van der Waals surface area contributed by atoms with Gasteiger partial charge in [-0.1, -0.05) is 30.3 Å². The van der Waals surface area contributed by atoms with Crippen LogP contribution in [0.1, 0.15) is 24.1 Å². The van der Waals surface area contributed by atoms with Gasteiger partial charge in [-0.05, 0) is 73.8 Å². The number of nitrogens with one attached hydrogen (secondary N) is 1. The number of hydrogen-bond acceptors (Lipinski definition) is 6. The Morgan fingerprint density at radius 3 is 2.27 bits per heavy atom. The third-order valence-corrected chi connectivity index (χ3v) is 7.27. The summed E-state index contributed by atoms with van der Waals surface area (Å²) < 4.78 is 0. The van der Waals surface area contributed by atoms with Gasteiger partial charge in [0.1, 0.15) is 5.82 Å². The van der Waals surface area contributed by atoms with Gasteiger partial charge in [0.15, 0.2) is 0 Å². The number of nitrogens with zero attached hydrogens (tertiary/aromatic N) is 5. The molecule has 1 aliphatic heterocycles. The molecule has 4 heterocycles. The smallest absolute Gasteiger partial charge is 0.127 e. The normalized spacial score (nSPS) is 16.6. The molecule has 1 saturated carbocycles. The zero-order valence-corrected chi connectivity index (χ0v) is 21.7. The molecule has 6 rings (SSSR count). The van der Waals surface area contributed by atoms with Crippen LogP contribution in [-0.2, 0) is 6.54 Å². The van der Waals surface area contributed by atoms with E-state index in [1.54, 1.807) is 0 Å². The summed E-state index contributed by atoms with van der Waals surface area (Å²) in [6, 6.07) is 22.0. The Labute approximate surface area is 219 Å². The summed E-state index contributed by atoms with van der Waals surface area (Å²) in [5.41, 5.74) is 8.59. The second-order valence-corrected chi connectivity index (χ2v) is 10.4. The number of aromatic nitrogens is 3. The Hall–Kier alpha value is -3.61. The van der Waals surface area contributed by atoms with E-state index in [1.165, 1.54) is 24.0 Å². The van der Waals surface area contributed by atoms with Crippen molar-refractivity contribution in [1.29, 1.82) is 0 Å². The lowest BCUT2D eigenvalue weighted by atomic mass is 10.0. The molecule has 0 amide bonds. The van der Waals surface area contributed by atoms with Gasteiger partial charge < -0.3 is 10.2 Å². The third kappa shape index (κ3) is 5.87. The Morgan fingerprint density at radius 2 is 1.54 bits per heavy atom. The van der Waals surface area contributed by atoms with Crippen molar-refractivity contribution in [3.63, 3.8) is 0 Å². The highest BCUT2D eigenvalue weighted by Crippen LogP contribution is 2.32. The molecule has 0 atom stereocenters. The van der Waals surface area contributed by atoms with Crippen LogP contribution in [0.15, 0.2) is 73.1 Å². The molecule has 188 valence electrons. The first kappa shape index (κ1) is 23.8. The average molecular weight is 491 g/mol. The maximum absolute atomic E-state index is 4.89. The fourth-order valence-corrected chi connectivity index (χ4v) is 4.85. The van der Waals surface area contributed by atoms with Crippen LogP contribution < -0.4 is 5.32 Å². The van der Waals surface area contributed by atoms with E-state index in [9.17, 15) is 0 Å². The Balaban J connectivity index is 1.26. The molecule has 4 aromatic rings. The van der Waals surface area contributed by atoms with Gasteiger partial charge >= 0.3 is 0 Å². The number of piperazine rings is 1. The van der Waals surface area contributed by atoms with Crippen molar-refractivity contribution < 1.29 is 0 Å². The summed E-state index contributed by atoms with van der Waals surface area (Å²) in [7, 11) is 2.20. The summed E-state index contributed by atoms with van der Waals surface area (Å²) in [5, 5.41) is 3.57. The average Bonchev–Trinajstić information content (AvgIpc) is 3.74. The molecule has 2 fully saturated rings. The van der Waals surface area contributed by atoms with Gasteiger partial charge in [-0.3, -0.25) is 14.9 Å². The minimum atomic E-state index is 0.523. The Bertz CT molecular complexity index is 1370. The minimum absolute atomic E-state index is 0.523. The lowest BCUT2D eigenvalue weighted by molar-refractivity contribution is 0.148. The van der Waals surface area contributed by atoms with E-state index in [0.29, 0.717) is 6.04 Å². The van der Waals surface area contributed by atoms with Crippen LogP contribution in [0.3, 0.4) is 0 Å². The molecular weight excluding hydrogens is 456 g/mol. The molecule has 0 radical (unpaired) electrons. The van der Waals surface area contributed by atoms with Crippen molar-refractivity contribution in [2.24, 2.45) is 0 Å². The molecule has 1 aromatic carbocycles. The molecule has 1 aliphatic carbocycles. The Morgan fingerprint density at radius 1 is 0.784 bits per heavy atom. The van der Waals surface area contributed by atoms with Gasteiger partial charge in [0.05, 0.1) is 11.4 Å². The lowest BCUT2D eigenvalue weighted by Gasteiger charge is -2.32. The molecule has 0 spiro atoms. The monoisotopic (exact) mass is 490 g/mol. The van der Waals surface area contributed by atoms with Gasteiger partial charge in [0.2, 0.25) is 0 Å². The van der Waals surface area contributed by atoms with Crippen LogP contribution in [-0.4, -0.2) is 64.0 Å². The number of hydrogen-bond donors (Lipinski definition) is 1. The summed E-state index contributed by atoms with van der Waals surface area (Å²) in [6.45, 7) is 7.58. The molecule has 37 heavy (non-hydrogen) atoms. The highest BCUT2D eigenvalue weighted by atomic mass is 15.2. The van der Waals surface area contributed by atoms with Crippen molar-refractivity contribution in [3.05, 3.63) is 84.3 Å². The van der Waals surface area contributed by atoms with Crippen molar-refractivity contribution in [2.45, 2.75) is 32.4 Å². The van der Waals surface area contributed by atoms with Crippen molar-refractivity contribution in [1.82, 2.24) is 24.8 Å².